The van der Waals surface area contributed by atoms with Gasteiger partial charge in [-0.1, -0.05) is 37.3 Å². The molecule has 0 spiro atoms. The van der Waals surface area contributed by atoms with Crippen LogP contribution >= 0.6 is 0 Å². The van der Waals surface area contributed by atoms with Gasteiger partial charge in [-0.2, -0.15) is 0 Å². The van der Waals surface area contributed by atoms with Crippen molar-refractivity contribution in [1.82, 2.24) is 14.9 Å². The second kappa shape index (κ2) is 7.56. The van der Waals surface area contributed by atoms with E-state index in [1.807, 2.05) is 53.1 Å². The predicted octanol–water partition coefficient (Wildman–Crippen LogP) is 2.72. The quantitative estimate of drug-likeness (QED) is 0.743. The lowest BCUT2D eigenvalue weighted by Crippen LogP contribution is -2.43. The highest BCUT2D eigenvalue weighted by atomic mass is 16.2. The molecule has 1 N–H and O–H groups in total. The molecule has 4 rings (SSSR count). The van der Waals surface area contributed by atoms with Gasteiger partial charge in [0.25, 0.3) is 5.56 Å². The van der Waals surface area contributed by atoms with Crippen LogP contribution in [0.1, 0.15) is 25.2 Å². The van der Waals surface area contributed by atoms with Crippen molar-refractivity contribution in [3.63, 3.8) is 0 Å². The molecule has 3 aromatic rings. The largest absolute Gasteiger partial charge is 0.309 e. The van der Waals surface area contributed by atoms with Gasteiger partial charge >= 0.3 is 0 Å². The lowest BCUT2D eigenvalue weighted by atomic mass is 10.1. The number of fused-ring (bicyclic) bond motifs is 2. The Balaban J connectivity index is 1.52. The number of rotatable bonds is 5. The minimum Gasteiger partial charge on any atom is -0.309 e. The Labute approximate surface area is 163 Å². The standard InChI is InChI=1S/C22H24N4O2/c1-3-25(13-20-23-18-10-6-5-9-17(18)22(28)24-20)14-21(27)26-15(2)12-16-8-4-7-11-19(16)26/h4-11,15H,3,12-14H2,1-2H3,(H,23,24,28)/t15-/m0/s1. The van der Waals surface area contributed by atoms with Gasteiger partial charge in [0, 0.05) is 11.7 Å². The average Bonchev–Trinajstić information content (AvgIpc) is 3.03. The minimum atomic E-state index is -0.148. The van der Waals surface area contributed by atoms with Gasteiger partial charge in [0.05, 0.1) is 24.0 Å². The van der Waals surface area contributed by atoms with Gasteiger partial charge in [-0.25, -0.2) is 4.98 Å². The first kappa shape index (κ1) is 18.4. The topological polar surface area (TPSA) is 69.3 Å². The van der Waals surface area contributed by atoms with Crippen LogP contribution in [0.2, 0.25) is 0 Å². The van der Waals surface area contributed by atoms with Crippen molar-refractivity contribution in [3.05, 3.63) is 70.3 Å². The maximum Gasteiger partial charge on any atom is 0.258 e. The number of amides is 1. The van der Waals surface area contributed by atoms with Gasteiger partial charge in [-0.3, -0.25) is 14.5 Å². The van der Waals surface area contributed by atoms with Gasteiger partial charge in [0.1, 0.15) is 5.82 Å². The van der Waals surface area contributed by atoms with Crippen LogP contribution in [0.15, 0.2) is 53.3 Å². The molecule has 0 unspecified atom stereocenters. The third kappa shape index (κ3) is 3.43. The summed E-state index contributed by atoms with van der Waals surface area (Å²) < 4.78 is 0. The molecule has 0 aliphatic carbocycles. The number of hydrogen-bond acceptors (Lipinski definition) is 4. The molecule has 6 heteroatoms. The number of nitrogens with zero attached hydrogens (tertiary/aromatic N) is 3. The minimum absolute atomic E-state index is 0.0717. The number of hydrogen-bond donors (Lipinski definition) is 1. The Morgan fingerprint density at radius 1 is 1.21 bits per heavy atom. The molecule has 0 radical (unpaired) electrons. The number of anilines is 1. The van der Waals surface area contributed by atoms with Crippen LogP contribution in [0.4, 0.5) is 5.69 Å². The highest BCUT2D eigenvalue weighted by Crippen LogP contribution is 2.31. The molecule has 1 amide bonds. The lowest BCUT2D eigenvalue weighted by molar-refractivity contribution is -0.120. The van der Waals surface area contributed by atoms with Crippen LogP contribution in [0.3, 0.4) is 0 Å². The Bertz CT molecular complexity index is 1080. The van der Waals surface area contributed by atoms with Crippen LogP contribution in [-0.4, -0.2) is 39.9 Å². The fourth-order valence-corrected chi connectivity index (χ4v) is 3.91. The van der Waals surface area contributed by atoms with Crippen LogP contribution in [-0.2, 0) is 17.8 Å². The number of carbonyl (C=O) groups is 1. The first-order valence-corrected chi connectivity index (χ1v) is 9.67. The summed E-state index contributed by atoms with van der Waals surface area (Å²) in [5, 5.41) is 0.577. The Kier molecular flexibility index (Phi) is 4.96. The second-order valence-electron chi connectivity index (χ2n) is 7.28. The van der Waals surface area contributed by atoms with Crippen LogP contribution in [0.25, 0.3) is 10.9 Å². The number of aromatic nitrogens is 2. The molecule has 0 saturated heterocycles. The number of carbonyl (C=O) groups excluding carboxylic acids is 1. The molecular weight excluding hydrogens is 352 g/mol. The molecule has 1 atom stereocenters. The third-order valence-corrected chi connectivity index (χ3v) is 5.32. The summed E-state index contributed by atoms with van der Waals surface area (Å²) in [7, 11) is 0. The molecule has 144 valence electrons. The number of likely N-dealkylation sites (N-methyl/N-ethyl adjacent to an activating group) is 1. The number of benzene rings is 2. The zero-order chi connectivity index (χ0) is 19.7. The average molecular weight is 376 g/mol. The number of nitrogens with one attached hydrogen (secondary N) is 1. The van der Waals surface area contributed by atoms with Crippen molar-refractivity contribution < 1.29 is 4.79 Å². The lowest BCUT2D eigenvalue weighted by Gasteiger charge is -2.27. The van der Waals surface area contributed by atoms with Gasteiger partial charge < -0.3 is 9.88 Å². The predicted molar refractivity (Wildman–Crippen MR) is 110 cm³/mol. The molecule has 0 saturated carbocycles. The molecular formula is C22H24N4O2. The molecule has 0 bridgehead atoms. The van der Waals surface area contributed by atoms with Gasteiger partial charge in [-0.15, -0.1) is 0 Å². The molecule has 1 aromatic heterocycles. The van der Waals surface area contributed by atoms with E-state index >= 15 is 0 Å². The van der Waals surface area contributed by atoms with Crippen molar-refractivity contribution in [2.75, 3.05) is 18.0 Å². The van der Waals surface area contributed by atoms with E-state index in [-0.39, 0.29) is 24.1 Å². The fraction of sp³-hybridized carbons (Fsp3) is 0.318. The van der Waals surface area contributed by atoms with E-state index in [0.29, 0.717) is 29.8 Å². The Morgan fingerprint density at radius 3 is 2.79 bits per heavy atom. The van der Waals surface area contributed by atoms with E-state index in [2.05, 4.69) is 23.0 Å². The van der Waals surface area contributed by atoms with E-state index in [1.54, 1.807) is 6.07 Å². The van der Waals surface area contributed by atoms with Crippen molar-refractivity contribution in [3.8, 4) is 0 Å². The first-order chi connectivity index (χ1) is 13.6. The molecule has 6 nitrogen and oxygen atoms in total. The van der Waals surface area contributed by atoms with Crippen molar-refractivity contribution in [2.24, 2.45) is 0 Å². The molecule has 28 heavy (non-hydrogen) atoms. The van der Waals surface area contributed by atoms with Gasteiger partial charge in [0.15, 0.2) is 0 Å². The third-order valence-electron chi connectivity index (χ3n) is 5.32. The summed E-state index contributed by atoms with van der Waals surface area (Å²) in [5.74, 6) is 0.649. The Morgan fingerprint density at radius 2 is 1.96 bits per heavy atom. The zero-order valence-electron chi connectivity index (χ0n) is 16.2. The van der Waals surface area contributed by atoms with E-state index < -0.39 is 0 Å². The summed E-state index contributed by atoms with van der Waals surface area (Å²) in [5.41, 5.74) is 2.75. The monoisotopic (exact) mass is 376 g/mol. The smallest absolute Gasteiger partial charge is 0.258 e. The van der Waals surface area contributed by atoms with Gasteiger partial charge in [-0.05, 0) is 43.7 Å². The van der Waals surface area contributed by atoms with E-state index in [0.717, 1.165) is 12.1 Å². The normalized spacial score (nSPS) is 16.0. The fourth-order valence-electron chi connectivity index (χ4n) is 3.91. The van der Waals surface area contributed by atoms with E-state index in [9.17, 15) is 9.59 Å². The molecule has 1 aliphatic heterocycles. The van der Waals surface area contributed by atoms with Crippen LogP contribution in [0.5, 0.6) is 0 Å². The summed E-state index contributed by atoms with van der Waals surface area (Å²) in [4.78, 5) is 36.6. The highest BCUT2D eigenvalue weighted by Gasteiger charge is 2.31. The maximum atomic E-state index is 13.0. The number of H-pyrrole nitrogens is 1. The van der Waals surface area contributed by atoms with Crippen molar-refractivity contribution in [1.29, 1.82) is 0 Å². The van der Waals surface area contributed by atoms with Crippen LogP contribution < -0.4 is 10.5 Å². The summed E-state index contributed by atoms with van der Waals surface area (Å²) in [6.45, 7) is 5.48. The SMILES string of the molecule is CCN(CC(=O)N1c2ccccc2C[C@@H]1C)Cc1nc2ccccc2c(=O)[nH]1. The zero-order valence-corrected chi connectivity index (χ0v) is 16.2. The van der Waals surface area contributed by atoms with Crippen LogP contribution in [0, 0.1) is 0 Å². The van der Waals surface area contributed by atoms with E-state index in [4.69, 9.17) is 0 Å². The van der Waals surface area contributed by atoms with Crippen molar-refractivity contribution >= 4 is 22.5 Å². The number of aromatic amines is 1. The molecule has 1 aliphatic rings. The second-order valence-corrected chi connectivity index (χ2v) is 7.28. The molecule has 2 aromatic carbocycles. The molecule has 0 fully saturated rings. The molecule has 2 heterocycles. The van der Waals surface area contributed by atoms with Crippen molar-refractivity contribution in [2.45, 2.75) is 32.9 Å². The highest BCUT2D eigenvalue weighted by molar-refractivity contribution is 5.97. The van der Waals surface area contributed by atoms with E-state index in [1.165, 1.54) is 5.56 Å². The summed E-state index contributed by atoms with van der Waals surface area (Å²) in [6.07, 6.45) is 0.883. The number of para-hydroxylation sites is 2. The summed E-state index contributed by atoms with van der Waals surface area (Å²) in [6, 6.07) is 15.5. The Hall–Kier alpha value is -2.99. The summed E-state index contributed by atoms with van der Waals surface area (Å²) >= 11 is 0. The maximum absolute atomic E-state index is 13.0. The van der Waals surface area contributed by atoms with Gasteiger partial charge in [0.2, 0.25) is 5.91 Å². The first-order valence-electron chi connectivity index (χ1n) is 9.67.